The Labute approximate surface area is 123 Å². The van der Waals surface area contributed by atoms with Crippen LogP contribution < -0.4 is 11.1 Å². The first kappa shape index (κ1) is 15.1. The van der Waals surface area contributed by atoms with Crippen LogP contribution >= 0.6 is 11.3 Å². The normalized spacial score (nSPS) is 14.6. The number of rotatable bonds is 7. The number of nitrogens with two attached hydrogens (primary N) is 1. The summed E-state index contributed by atoms with van der Waals surface area (Å²) in [5.41, 5.74) is 5.87. The number of carbonyl (C=O) groups excluding carboxylic acids is 1. The molecular weight excluding hydrogens is 276 g/mol. The Bertz CT molecular complexity index is 471. The molecule has 1 fully saturated rings. The van der Waals surface area contributed by atoms with Crippen molar-refractivity contribution in [3.63, 3.8) is 0 Å². The first-order chi connectivity index (χ1) is 9.52. The molecule has 20 heavy (non-hydrogen) atoms. The average molecular weight is 298 g/mol. The molecule has 1 aliphatic rings. The molecule has 1 heterocycles. The van der Waals surface area contributed by atoms with E-state index in [9.17, 15) is 4.79 Å². The van der Waals surface area contributed by atoms with Crippen molar-refractivity contribution in [3.05, 3.63) is 4.88 Å². The molecule has 0 atom stereocenters. The number of nitrogens with one attached hydrogen (secondary N) is 1. The van der Waals surface area contributed by atoms with E-state index in [-0.39, 0.29) is 24.4 Å². The zero-order valence-corrected chi connectivity index (χ0v) is 12.7. The number of aliphatic hydroxyl groups is 1. The SMILES string of the molecule is CC(C)N(CCCO)C(=O)c1sc(NC2CC2)nc1N. The molecule has 1 aromatic rings. The number of aromatic nitrogens is 1. The molecule has 0 aliphatic heterocycles. The van der Waals surface area contributed by atoms with Gasteiger partial charge in [0.05, 0.1) is 0 Å². The third-order valence-electron chi connectivity index (χ3n) is 3.19. The highest BCUT2D eigenvalue weighted by atomic mass is 32.1. The molecule has 6 nitrogen and oxygen atoms in total. The van der Waals surface area contributed by atoms with Crippen LogP contribution in [0.2, 0.25) is 0 Å². The van der Waals surface area contributed by atoms with Crippen molar-refractivity contribution in [1.29, 1.82) is 0 Å². The maximum atomic E-state index is 12.5. The van der Waals surface area contributed by atoms with Crippen molar-refractivity contribution in [1.82, 2.24) is 9.88 Å². The van der Waals surface area contributed by atoms with Gasteiger partial charge in [0.25, 0.3) is 5.91 Å². The lowest BCUT2D eigenvalue weighted by Crippen LogP contribution is -2.38. The molecule has 1 amide bonds. The summed E-state index contributed by atoms with van der Waals surface area (Å²) in [6.45, 7) is 4.50. The van der Waals surface area contributed by atoms with Crippen molar-refractivity contribution >= 4 is 28.2 Å². The molecule has 1 aromatic heterocycles. The standard InChI is InChI=1S/C13H22N4O2S/c1-8(2)17(6-3-7-18)12(19)10-11(14)16-13(20-10)15-9-4-5-9/h8-9,18H,3-7,14H2,1-2H3,(H,15,16). The van der Waals surface area contributed by atoms with E-state index in [0.29, 0.717) is 23.9 Å². The summed E-state index contributed by atoms with van der Waals surface area (Å²) in [6, 6.07) is 0.550. The van der Waals surface area contributed by atoms with Crippen molar-refractivity contribution in [3.8, 4) is 0 Å². The van der Waals surface area contributed by atoms with Crippen LogP contribution in [-0.4, -0.2) is 46.1 Å². The summed E-state index contributed by atoms with van der Waals surface area (Å²) in [4.78, 5) is 19.0. The number of nitrogen functional groups attached to an aromatic ring is 1. The van der Waals surface area contributed by atoms with Crippen LogP contribution in [0.3, 0.4) is 0 Å². The second-order valence-corrected chi connectivity index (χ2v) is 6.32. The molecule has 1 saturated carbocycles. The molecule has 7 heteroatoms. The van der Waals surface area contributed by atoms with Crippen LogP contribution in [0.5, 0.6) is 0 Å². The van der Waals surface area contributed by atoms with Gasteiger partial charge in [0.15, 0.2) is 5.13 Å². The van der Waals surface area contributed by atoms with Crippen LogP contribution in [0.4, 0.5) is 10.9 Å². The van der Waals surface area contributed by atoms with Crippen LogP contribution in [0.15, 0.2) is 0 Å². The van der Waals surface area contributed by atoms with Gasteiger partial charge in [0, 0.05) is 25.2 Å². The Balaban J connectivity index is 2.10. The van der Waals surface area contributed by atoms with Crippen LogP contribution in [0.1, 0.15) is 42.8 Å². The van der Waals surface area contributed by atoms with E-state index in [0.717, 1.165) is 18.0 Å². The molecule has 112 valence electrons. The molecule has 4 N–H and O–H groups in total. The third kappa shape index (κ3) is 3.61. The topological polar surface area (TPSA) is 91.5 Å². The van der Waals surface area contributed by atoms with Crippen molar-refractivity contribution in [2.45, 2.75) is 45.2 Å². The molecule has 0 spiro atoms. The van der Waals surface area contributed by atoms with Crippen molar-refractivity contribution < 1.29 is 9.90 Å². The number of anilines is 2. The van der Waals surface area contributed by atoms with Gasteiger partial charge >= 0.3 is 0 Å². The molecule has 2 rings (SSSR count). The number of carbonyl (C=O) groups is 1. The van der Waals surface area contributed by atoms with Gasteiger partial charge in [-0.25, -0.2) is 4.98 Å². The van der Waals surface area contributed by atoms with Gasteiger partial charge in [-0.15, -0.1) is 0 Å². The van der Waals surface area contributed by atoms with Gasteiger partial charge in [-0.1, -0.05) is 11.3 Å². The second kappa shape index (κ2) is 6.41. The average Bonchev–Trinajstić information content (AvgIpc) is 3.11. The first-order valence-electron chi connectivity index (χ1n) is 6.97. The summed E-state index contributed by atoms with van der Waals surface area (Å²) in [6.07, 6.45) is 2.87. The monoisotopic (exact) mass is 298 g/mol. The number of aliphatic hydroxyl groups excluding tert-OH is 1. The van der Waals surface area contributed by atoms with Crippen LogP contribution in [-0.2, 0) is 0 Å². The summed E-state index contributed by atoms with van der Waals surface area (Å²) in [7, 11) is 0. The largest absolute Gasteiger partial charge is 0.396 e. The van der Waals surface area contributed by atoms with E-state index in [4.69, 9.17) is 10.8 Å². The predicted octanol–water partition coefficient (Wildman–Crippen LogP) is 1.53. The molecule has 0 bridgehead atoms. The Kier molecular flexibility index (Phi) is 4.82. The molecular formula is C13H22N4O2S. The fraction of sp³-hybridized carbons (Fsp3) is 0.692. The summed E-state index contributed by atoms with van der Waals surface area (Å²) in [5, 5.41) is 12.9. The minimum atomic E-state index is -0.104. The predicted molar refractivity (Wildman–Crippen MR) is 81.0 cm³/mol. The highest BCUT2D eigenvalue weighted by Gasteiger charge is 2.26. The van der Waals surface area contributed by atoms with E-state index in [1.807, 2.05) is 13.8 Å². The number of hydrogen-bond donors (Lipinski definition) is 3. The van der Waals surface area contributed by atoms with Gasteiger partial charge in [0.2, 0.25) is 0 Å². The van der Waals surface area contributed by atoms with E-state index < -0.39 is 0 Å². The zero-order valence-electron chi connectivity index (χ0n) is 11.9. The number of thiazole rings is 1. The van der Waals surface area contributed by atoms with Crippen LogP contribution in [0.25, 0.3) is 0 Å². The highest BCUT2D eigenvalue weighted by molar-refractivity contribution is 7.18. The van der Waals surface area contributed by atoms with Crippen molar-refractivity contribution in [2.24, 2.45) is 0 Å². The van der Waals surface area contributed by atoms with E-state index >= 15 is 0 Å². The molecule has 1 aliphatic carbocycles. The number of amides is 1. The van der Waals surface area contributed by atoms with Gasteiger partial charge in [-0.2, -0.15) is 0 Å². The summed E-state index contributed by atoms with van der Waals surface area (Å²) >= 11 is 1.31. The van der Waals surface area contributed by atoms with Crippen molar-refractivity contribution in [2.75, 3.05) is 24.2 Å². The fourth-order valence-corrected chi connectivity index (χ4v) is 2.83. The Hall–Kier alpha value is -1.34. The molecule has 0 unspecified atom stereocenters. The fourth-order valence-electron chi connectivity index (χ4n) is 1.91. The van der Waals surface area contributed by atoms with E-state index in [2.05, 4.69) is 10.3 Å². The minimum Gasteiger partial charge on any atom is -0.396 e. The quantitative estimate of drug-likeness (QED) is 0.710. The summed E-state index contributed by atoms with van der Waals surface area (Å²) < 4.78 is 0. The highest BCUT2D eigenvalue weighted by Crippen LogP contribution is 2.31. The maximum Gasteiger partial charge on any atom is 0.268 e. The molecule has 0 radical (unpaired) electrons. The third-order valence-corrected chi connectivity index (χ3v) is 4.18. The van der Waals surface area contributed by atoms with E-state index in [1.54, 1.807) is 4.90 Å². The number of nitrogens with zero attached hydrogens (tertiary/aromatic N) is 2. The summed E-state index contributed by atoms with van der Waals surface area (Å²) in [5.74, 6) is 0.185. The Morgan fingerprint density at radius 3 is 2.85 bits per heavy atom. The minimum absolute atomic E-state index is 0.0652. The second-order valence-electron chi connectivity index (χ2n) is 5.32. The van der Waals surface area contributed by atoms with Gasteiger partial charge in [-0.3, -0.25) is 4.79 Å². The molecule has 0 aromatic carbocycles. The Morgan fingerprint density at radius 2 is 2.30 bits per heavy atom. The first-order valence-corrected chi connectivity index (χ1v) is 7.79. The zero-order chi connectivity index (χ0) is 14.7. The van der Waals surface area contributed by atoms with E-state index in [1.165, 1.54) is 11.3 Å². The van der Waals surface area contributed by atoms with Gasteiger partial charge in [0.1, 0.15) is 10.7 Å². The number of hydrogen-bond acceptors (Lipinski definition) is 6. The Morgan fingerprint density at radius 1 is 1.60 bits per heavy atom. The lowest BCUT2D eigenvalue weighted by atomic mass is 10.2. The van der Waals surface area contributed by atoms with Gasteiger partial charge < -0.3 is 21.1 Å². The lowest BCUT2D eigenvalue weighted by molar-refractivity contribution is 0.0699. The lowest BCUT2D eigenvalue weighted by Gasteiger charge is -2.26. The smallest absolute Gasteiger partial charge is 0.268 e. The molecule has 0 saturated heterocycles. The maximum absolute atomic E-state index is 12.5. The van der Waals surface area contributed by atoms with Crippen LogP contribution in [0, 0.1) is 0 Å². The van der Waals surface area contributed by atoms with Gasteiger partial charge in [-0.05, 0) is 33.1 Å².